The van der Waals surface area contributed by atoms with E-state index in [-0.39, 0.29) is 0 Å². The molecule has 1 aliphatic rings. The van der Waals surface area contributed by atoms with Crippen LogP contribution in [0.5, 0.6) is 0 Å². The van der Waals surface area contributed by atoms with Crippen LogP contribution in [0.1, 0.15) is 22.3 Å². The molecule has 1 aliphatic carbocycles. The molecule has 0 bridgehead atoms. The highest BCUT2D eigenvalue weighted by molar-refractivity contribution is 5.88. The van der Waals surface area contributed by atoms with Crippen LogP contribution < -0.4 is 0 Å². The van der Waals surface area contributed by atoms with Gasteiger partial charge in [0.15, 0.2) is 23.2 Å². The van der Waals surface area contributed by atoms with Crippen LogP contribution in [-0.4, -0.2) is 15.0 Å². The highest BCUT2D eigenvalue weighted by atomic mass is 16.3. The molecule has 9 aromatic rings. The molecule has 4 heteroatoms. The number of nitrogens with zero attached hydrogens (tertiary/aromatic N) is 3. The molecule has 0 radical (unpaired) electrons. The van der Waals surface area contributed by atoms with Gasteiger partial charge in [0.2, 0.25) is 0 Å². The molecule has 0 aliphatic heterocycles. The van der Waals surface area contributed by atoms with E-state index < -0.39 is 5.41 Å². The lowest BCUT2D eigenvalue weighted by atomic mass is 9.67. The second kappa shape index (κ2) is 12.1. The molecule has 52 heavy (non-hydrogen) atoms. The third-order valence-corrected chi connectivity index (χ3v) is 10.2. The van der Waals surface area contributed by atoms with Crippen LogP contribution in [0.3, 0.4) is 0 Å². The van der Waals surface area contributed by atoms with Crippen molar-refractivity contribution in [3.8, 4) is 56.6 Å². The summed E-state index contributed by atoms with van der Waals surface area (Å²) in [6, 6.07) is 65.9. The second-order valence-corrected chi connectivity index (χ2v) is 13.2. The van der Waals surface area contributed by atoms with Gasteiger partial charge in [-0.1, -0.05) is 164 Å². The van der Waals surface area contributed by atoms with Crippen LogP contribution in [0.2, 0.25) is 0 Å². The molecule has 0 amide bonds. The molecular formula is C48H31N3O. The third kappa shape index (κ3) is 4.80. The van der Waals surface area contributed by atoms with E-state index in [1.807, 2.05) is 36.4 Å². The number of hydrogen-bond acceptors (Lipinski definition) is 4. The summed E-state index contributed by atoms with van der Waals surface area (Å²) in [5.41, 5.74) is 11.6. The largest absolute Gasteiger partial charge is 0.453 e. The number of furan rings is 1. The van der Waals surface area contributed by atoms with Crippen molar-refractivity contribution < 1.29 is 4.42 Å². The van der Waals surface area contributed by atoms with Crippen LogP contribution in [-0.2, 0) is 5.41 Å². The molecule has 0 spiro atoms. The first kappa shape index (κ1) is 30.0. The molecular weight excluding hydrogens is 635 g/mol. The normalized spacial score (nSPS) is 12.8. The molecule has 0 saturated heterocycles. The minimum Gasteiger partial charge on any atom is -0.453 e. The Morgan fingerprint density at radius 1 is 0.365 bits per heavy atom. The van der Waals surface area contributed by atoms with E-state index in [2.05, 4.69) is 152 Å². The van der Waals surface area contributed by atoms with Gasteiger partial charge in [-0.05, 0) is 68.8 Å². The zero-order chi connectivity index (χ0) is 34.5. The monoisotopic (exact) mass is 665 g/mol. The summed E-state index contributed by atoms with van der Waals surface area (Å²) < 4.78 is 6.34. The van der Waals surface area contributed by atoms with Gasteiger partial charge >= 0.3 is 0 Å². The number of rotatable bonds is 6. The average molecular weight is 666 g/mol. The highest BCUT2D eigenvalue weighted by Gasteiger charge is 2.46. The lowest BCUT2D eigenvalue weighted by Crippen LogP contribution is -2.28. The first-order chi connectivity index (χ1) is 25.8. The Kier molecular flexibility index (Phi) is 7.00. The maximum atomic E-state index is 6.34. The van der Waals surface area contributed by atoms with Crippen molar-refractivity contribution >= 4 is 11.0 Å². The van der Waals surface area contributed by atoms with E-state index >= 15 is 0 Å². The Morgan fingerprint density at radius 3 is 1.65 bits per heavy atom. The SMILES string of the molecule is c1ccc(-c2cccc(-c3nc(-c4ccc5c(c4)C(c4ccccc4)(c4ccccc4)c4ccccc4-5)nc(-c4cc5ccccc5o4)n3)c2)cc1. The van der Waals surface area contributed by atoms with E-state index in [1.165, 1.54) is 33.4 Å². The predicted octanol–water partition coefficient (Wildman–Crippen LogP) is 11.6. The highest BCUT2D eigenvalue weighted by Crippen LogP contribution is 2.56. The van der Waals surface area contributed by atoms with Crippen LogP contribution in [0.4, 0.5) is 0 Å². The third-order valence-electron chi connectivity index (χ3n) is 10.2. The summed E-state index contributed by atoms with van der Waals surface area (Å²) in [6.45, 7) is 0. The Balaban J connectivity index is 1.21. The predicted molar refractivity (Wildman–Crippen MR) is 209 cm³/mol. The number of benzene rings is 7. The van der Waals surface area contributed by atoms with E-state index in [0.29, 0.717) is 23.2 Å². The average Bonchev–Trinajstić information content (AvgIpc) is 3.80. The van der Waals surface area contributed by atoms with Crippen molar-refractivity contribution in [3.05, 3.63) is 210 Å². The van der Waals surface area contributed by atoms with Gasteiger partial charge in [0.05, 0.1) is 5.41 Å². The zero-order valence-corrected chi connectivity index (χ0v) is 28.1. The maximum Gasteiger partial charge on any atom is 0.199 e. The van der Waals surface area contributed by atoms with Crippen molar-refractivity contribution in [1.29, 1.82) is 0 Å². The quantitative estimate of drug-likeness (QED) is 0.177. The van der Waals surface area contributed by atoms with Gasteiger partial charge < -0.3 is 4.42 Å². The van der Waals surface area contributed by atoms with E-state index in [0.717, 1.165) is 33.2 Å². The minimum absolute atomic E-state index is 0.488. The van der Waals surface area contributed by atoms with Gasteiger partial charge in [-0.3, -0.25) is 0 Å². The van der Waals surface area contributed by atoms with Crippen molar-refractivity contribution in [2.75, 3.05) is 0 Å². The fourth-order valence-corrected chi connectivity index (χ4v) is 7.89. The molecule has 7 aromatic carbocycles. The Labute approximate surface area is 301 Å². The number of hydrogen-bond donors (Lipinski definition) is 0. The minimum atomic E-state index is -0.536. The smallest absolute Gasteiger partial charge is 0.199 e. The van der Waals surface area contributed by atoms with Gasteiger partial charge in [0, 0.05) is 16.5 Å². The van der Waals surface area contributed by atoms with Gasteiger partial charge in [0.25, 0.3) is 0 Å². The molecule has 244 valence electrons. The molecule has 10 rings (SSSR count). The topological polar surface area (TPSA) is 51.8 Å². The first-order valence-corrected chi connectivity index (χ1v) is 17.5. The molecule has 0 unspecified atom stereocenters. The Morgan fingerprint density at radius 2 is 0.923 bits per heavy atom. The van der Waals surface area contributed by atoms with Crippen molar-refractivity contribution in [1.82, 2.24) is 15.0 Å². The lowest BCUT2D eigenvalue weighted by molar-refractivity contribution is 0.625. The molecule has 2 aromatic heterocycles. The van der Waals surface area contributed by atoms with Gasteiger partial charge in [-0.15, -0.1) is 0 Å². The van der Waals surface area contributed by atoms with E-state index in [1.54, 1.807) is 0 Å². The van der Waals surface area contributed by atoms with Crippen LogP contribution in [0.15, 0.2) is 192 Å². The number of aromatic nitrogens is 3. The molecule has 0 fully saturated rings. The fourth-order valence-electron chi connectivity index (χ4n) is 7.89. The number of fused-ring (bicyclic) bond motifs is 4. The van der Waals surface area contributed by atoms with Gasteiger partial charge in [-0.2, -0.15) is 0 Å². The summed E-state index contributed by atoms with van der Waals surface area (Å²) in [5.74, 6) is 2.25. The maximum absolute atomic E-state index is 6.34. The standard InChI is InChI=1S/C48H31N3O/c1-4-15-32(16-5-1)33-18-14-19-35(29-33)45-49-46(51-47(50-45)44-31-34-17-10-13-26-43(34)52-44)36-27-28-40-39-24-11-12-25-41(39)48(42(40)30-36,37-20-6-2-7-21-37)38-22-8-3-9-23-38/h1-31H. The zero-order valence-electron chi connectivity index (χ0n) is 28.1. The summed E-state index contributed by atoms with van der Waals surface area (Å²) in [6.07, 6.45) is 0. The molecule has 0 atom stereocenters. The summed E-state index contributed by atoms with van der Waals surface area (Å²) in [4.78, 5) is 15.4. The van der Waals surface area contributed by atoms with Gasteiger partial charge in [-0.25, -0.2) is 15.0 Å². The molecule has 0 saturated carbocycles. The Bertz CT molecular complexity index is 2660. The van der Waals surface area contributed by atoms with Crippen LogP contribution in [0, 0.1) is 0 Å². The van der Waals surface area contributed by atoms with Crippen molar-refractivity contribution in [2.45, 2.75) is 5.41 Å². The van der Waals surface area contributed by atoms with Crippen LogP contribution >= 0.6 is 0 Å². The molecule has 0 N–H and O–H groups in total. The Hall–Kier alpha value is -6.91. The molecule has 2 heterocycles. The lowest BCUT2D eigenvalue weighted by Gasteiger charge is -2.34. The van der Waals surface area contributed by atoms with Crippen LogP contribution in [0.25, 0.3) is 67.6 Å². The summed E-state index contributed by atoms with van der Waals surface area (Å²) >= 11 is 0. The van der Waals surface area contributed by atoms with E-state index in [4.69, 9.17) is 19.4 Å². The van der Waals surface area contributed by atoms with Gasteiger partial charge in [0.1, 0.15) is 5.58 Å². The summed E-state index contributed by atoms with van der Waals surface area (Å²) in [7, 11) is 0. The summed E-state index contributed by atoms with van der Waals surface area (Å²) in [5, 5.41) is 0.998. The first-order valence-electron chi connectivity index (χ1n) is 17.5. The number of para-hydroxylation sites is 1. The molecule has 4 nitrogen and oxygen atoms in total. The van der Waals surface area contributed by atoms with Crippen molar-refractivity contribution in [3.63, 3.8) is 0 Å². The fraction of sp³-hybridized carbons (Fsp3) is 0.0208. The second-order valence-electron chi connectivity index (χ2n) is 13.2. The van der Waals surface area contributed by atoms with E-state index in [9.17, 15) is 0 Å². The van der Waals surface area contributed by atoms with Crippen molar-refractivity contribution in [2.24, 2.45) is 0 Å².